The molecule has 3 heteroatoms. The van der Waals surface area contributed by atoms with Gasteiger partial charge in [-0.15, -0.1) is 0 Å². The highest BCUT2D eigenvalue weighted by Crippen LogP contribution is 2.43. The fraction of sp³-hybridized carbons (Fsp3) is 0. The van der Waals surface area contributed by atoms with Gasteiger partial charge in [-0.05, 0) is 82.9 Å². The minimum absolute atomic E-state index is 0.987. The average Bonchev–Trinajstić information content (AvgIpc) is 3.65. The first-order valence-corrected chi connectivity index (χ1v) is 19.8. The molecule has 11 rings (SSSR count). The maximum atomic E-state index is 5.26. The molecule has 9 aromatic carbocycles. The van der Waals surface area contributed by atoms with Crippen molar-refractivity contribution in [3.05, 3.63) is 224 Å². The number of nitrogens with zero attached hydrogens (tertiary/aromatic N) is 3. The van der Waals surface area contributed by atoms with Gasteiger partial charge in [0.15, 0.2) is 0 Å². The van der Waals surface area contributed by atoms with E-state index >= 15 is 0 Å². The third-order valence-corrected chi connectivity index (χ3v) is 11.4. The Morgan fingerprint density at radius 1 is 0.328 bits per heavy atom. The van der Waals surface area contributed by atoms with Gasteiger partial charge >= 0.3 is 0 Å². The summed E-state index contributed by atoms with van der Waals surface area (Å²) in [5, 5.41) is 5.95. The first-order valence-electron chi connectivity index (χ1n) is 19.8. The van der Waals surface area contributed by atoms with Crippen LogP contribution in [0.2, 0.25) is 0 Å². The molecular formula is C55H37N3. The highest BCUT2D eigenvalue weighted by atomic mass is 15.1. The summed E-state index contributed by atoms with van der Waals surface area (Å²) in [5.41, 5.74) is 14.6. The van der Waals surface area contributed by atoms with Crippen LogP contribution in [0, 0.1) is 0 Å². The molecule has 0 aliphatic heterocycles. The number of anilines is 3. The first-order chi connectivity index (χ1) is 28.8. The van der Waals surface area contributed by atoms with Crippen LogP contribution in [-0.4, -0.2) is 9.55 Å². The van der Waals surface area contributed by atoms with Crippen molar-refractivity contribution >= 4 is 60.5 Å². The van der Waals surface area contributed by atoms with Crippen molar-refractivity contribution in [3.8, 4) is 39.2 Å². The van der Waals surface area contributed by atoms with Crippen LogP contribution in [0.15, 0.2) is 224 Å². The number of fused-ring (bicyclic) bond motifs is 7. The van der Waals surface area contributed by atoms with E-state index < -0.39 is 0 Å². The number of para-hydroxylation sites is 2. The van der Waals surface area contributed by atoms with Gasteiger partial charge in [0.05, 0.1) is 22.2 Å². The highest BCUT2D eigenvalue weighted by Gasteiger charge is 2.20. The zero-order valence-corrected chi connectivity index (χ0v) is 31.7. The molecule has 0 amide bonds. The molecule has 0 saturated heterocycles. The second kappa shape index (κ2) is 14.1. The lowest BCUT2D eigenvalue weighted by Crippen LogP contribution is -2.10. The Hall–Kier alpha value is -7.75. The van der Waals surface area contributed by atoms with Crippen LogP contribution in [0.1, 0.15) is 0 Å². The van der Waals surface area contributed by atoms with Crippen molar-refractivity contribution in [1.82, 2.24) is 9.55 Å². The quantitative estimate of drug-likeness (QED) is 0.152. The van der Waals surface area contributed by atoms with E-state index in [2.05, 4.69) is 234 Å². The van der Waals surface area contributed by atoms with Crippen LogP contribution in [0.25, 0.3) is 82.7 Å². The lowest BCUT2D eigenvalue weighted by atomic mass is 9.97. The zero-order chi connectivity index (χ0) is 38.4. The van der Waals surface area contributed by atoms with Gasteiger partial charge in [-0.25, -0.2) is 4.98 Å². The van der Waals surface area contributed by atoms with Crippen LogP contribution in [0.4, 0.5) is 17.1 Å². The van der Waals surface area contributed by atoms with E-state index in [0.29, 0.717) is 0 Å². The Morgan fingerprint density at radius 2 is 0.776 bits per heavy atom. The molecule has 0 spiro atoms. The average molecular weight is 740 g/mol. The largest absolute Gasteiger partial charge is 0.311 e. The number of rotatable bonds is 7. The monoisotopic (exact) mass is 739 g/mol. The van der Waals surface area contributed by atoms with Gasteiger partial charge in [-0.2, -0.15) is 0 Å². The Labute approximate surface area is 337 Å². The Morgan fingerprint density at radius 3 is 1.36 bits per heavy atom. The summed E-state index contributed by atoms with van der Waals surface area (Å²) in [6.07, 6.45) is 0. The van der Waals surface area contributed by atoms with Gasteiger partial charge in [0.2, 0.25) is 0 Å². The molecule has 58 heavy (non-hydrogen) atoms. The molecule has 11 aromatic rings. The summed E-state index contributed by atoms with van der Waals surface area (Å²) in [7, 11) is 0. The molecular weight excluding hydrogens is 703 g/mol. The molecule has 0 radical (unpaired) electrons. The molecule has 3 nitrogen and oxygen atoms in total. The summed E-state index contributed by atoms with van der Waals surface area (Å²) in [6.45, 7) is 0. The Balaban J connectivity index is 1.09. The number of hydrogen-bond acceptors (Lipinski definition) is 2. The maximum absolute atomic E-state index is 5.26. The maximum Gasteiger partial charge on any atom is 0.0788 e. The molecule has 0 N–H and O–H groups in total. The minimum Gasteiger partial charge on any atom is -0.311 e. The fourth-order valence-electron chi connectivity index (χ4n) is 8.64. The molecule has 0 saturated carbocycles. The molecule has 0 aliphatic carbocycles. The third-order valence-electron chi connectivity index (χ3n) is 11.4. The summed E-state index contributed by atoms with van der Waals surface area (Å²) >= 11 is 0. The highest BCUT2D eigenvalue weighted by molar-refractivity contribution is 6.26. The van der Waals surface area contributed by atoms with Crippen molar-refractivity contribution in [2.75, 3.05) is 4.90 Å². The van der Waals surface area contributed by atoms with E-state index in [1.54, 1.807) is 0 Å². The van der Waals surface area contributed by atoms with Crippen LogP contribution < -0.4 is 4.90 Å². The SMILES string of the molecule is c1ccc(-c2ccc(N(c3ccc(-c4ccccc4)cc3)c3ccc(-n4c5ccccc5c5ccc6c(-c7ccccc7)nc7ccccc7c6c54)cc3)cc2)cc1. The van der Waals surface area contributed by atoms with Crippen LogP contribution in [0.5, 0.6) is 0 Å². The summed E-state index contributed by atoms with van der Waals surface area (Å²) in [6, 6.07) is 80.4. The van der Waals surface area contributed by atoms with Gasteiger partial charge in [-0.3, -0.25) is 0 Å². The molecule has 272 valence electrons. The van der Waals surface area contributed by atoms with Gasteiger partial charge in [0.1, 0.15) is 0 Å². The van der Waals surface area contributed by atoms with Crippen molar-refractivity contribution in [2.45, 2.75) is 0 Å². The van der Waals surface area contributed by atoms with Crippen molar-refractivity contribution in [1.29, 1.82) is 0 Å². The number of hydrogen-bond donors (Lipinski definition) is 0. The number of benzene rings is 9. The number of aromatic nitrogens is 2. The topological polar surface area (TPSA) is 21.1 Å². The lowest BCUT2D eigenvalue weighted by molar-refractivity contribution is 1.18. The Kier molecular flexibility index (Phi) is 8.15. The zero-order valence-electron chi connectivity index (χ0n) is 31.7. The fourth-order valence-corrected chi connectivity index (χ4v) is 8.64. The van der Waals surface area contributed by atoms with E-state index in [9.17, 15) is 0 Å². The van der Waals surface area contributed by atoms with Gasteiger partial charge in [0.25, 0.3) is 0 Å². The van der Waals surface area contributed by atoms with Crippen LogP contribution in [0.3, 0.4) is 0 Å². The molecule has 2 aromatic heterocycles. The van der Waals surface area contributed by atoms with E-state index in [1.165, 1.54) is 49.4 Å². The first kappa shape index (κ1) is 33.6. The van der Waals surface area contributed by atoms with E-state index in [4.69, 9.17) is 4.98 Å². The second-order valence-electron chi connectivity index (χ2n) is 14.8. The summed E-state index contributed by atoms with van der Waals surface area (Å²) in [5.74, 6) is 0. The van der Waals surface area contributed by atoms with E-state index in [-0.39, 0.29) is 0 Å². The van der Waals surface area contributed by atoms with Crippen molar-refractivity contribution < 1.29 is 0 Å². The molecule has 0 unspecified atom stereocenters. The molecule has 0 aliphatic rings. The normalized spacial score (nSPS) is 11.4. The van der Waals surface area contributed by atoms with Crippen molar-refractivity contribution in [3.63, 3.8) is 0 Å². The molecule has 0 atom stereocenters. The molecule has 0 fully saturated rings. The molecule has 2 heterocycles. The Bertz CT molecular complexity index is 3140. The predicted octanol–water partition coefficient (Wildman–Crippen LogP) is 15.0. The third kappa shape index (κ3) is 5.72. The lowest BCUT2D eigenvalue weighted by Gasteiger charge is -2.26. The minimum atomic E-state index is 0.987. The van der Waals surface area contributed by atoms with Gasteiger partial charge in [-0.1, -0.05) is 164 Å². The van der Waals surface area contributed by atoms with E-state index in [0.717, 1.165) is 50.3 Å². The van der Waals surface area contributed by atoms with Crippen molar-refractivity contribution in [2.24, 2.45) is 0 Å². The predicted molar refractivity (Wildman–Crippen MR) is 245 cm³/mol. The second-order valence-corrected chi connectivity index (χ2v) is 14.8. The smallest absolute Gasteiger partial charge is 0.0788 e. The van der Waals surface area contributed by atoms with Crippen LogP contribution >= 0.6 is 0 Å². The number of pyridine rings is 1. The van der Waals surface area contributed by atoms with Gasteiger partial charge in [0, 0.05) is 55.2 Å². The van der Waals surface area contributed by atoms with Gasteiger partial charge < -0.3 is 9.47 Å². The molecule has 0 bridgehead atoms. The summed E-state index contributed by atoms with van der Waals surface area (Å²) < 4.78 is 2.45. The standard InChI is InChI=1S/C55H37N3/c1-4-14-38(15-5-1)40-24-28-43(29-25-40)57(44-30-26-41(27-31-44)39-16-6-2-7-17-39)45-32-34-46(35-33-45)58-52-23-13-11-20-47(52)48-36-37-50-53(55(48)58)49-21-10-12-22-51(49)56-54(50)42-18-8-3-9-19-42/h1-37H. The van der Waals surface area contributed by atoms with Crippen LogP contribution in [-0.2, 0) is 0 Å². The summed E-state index contributed by atoms with van der Waals surface area (Å²) in [4.78, 5) is 7.60. The van der Waals surface area contributed by atoms with E-state index in [1.807, 2.05) is 0 Å².